The molecule has 0 unspecified atom stereocenters. The van der Waals surface area contributed by atoms with Crippen molar-refractivity contribution in [3.8, 4) is 0 Å². The molecule has 0 aliphatic heterocycles. The Hall–Kier alpha value is -1.90. The van der Waals surface area contributed by atoms with Gasteiger partial charge < -0.3 is 0 Å². The Kier molecular flexibility index (Phi) is 4.94. The minimum absolute atomic E-state index is 0.0143. The van der Waals surface area contributed by atoms with Gasteiger partial charge in [0.1, 0.15) is 6.54 Å². The maximum atomic E-state index is 13.1. The van der Waals surface area contributed by atoms with Gasteiger partial charge in [-0.25, -0.2) is 0 Å². The lowest BCUT2D eigenvalue weighted by molar-refractivity contribution is -0.122. The first-order valence-corrected chi connectivity index (χ1v) is 8.74. The van der Waals surface area contributed by atoms with E-state index < -0.39 is 0 Å². The summed E-state index contributed by atoms with van der Waals surface area (Å²) in [5.41, 5.74) is 3.21. The van der Waals surface area contributed by atoms with E-state index in [1.807, 2.05) is 42.8 Å². The lowest BCUT2D eigenvalue weighted by Crippen LogP contribution is -2.27. The van der Waals surface area contributed by atoms with E-state index in [1.165, 1.54) is 37.7 Å². The Morgan fingerprint density at radius 1 is 1.17 bits per heavy atom. The molecule has 0 spiro atoms. The molecule has 23 heavy (non-hydrogen) atoms. The number of hydrogen-bond acceptors (Lipinski definition) is 2. The van der Waals surface area contributed by atoms with Crippen molar-refractivity contribution in [3.05, 3.63) is 53.3 Å². The molecule has 3 nitrogen and oxygen atoms in total. The molecule has 0 N–H and O–H groups in total. The number of carbonyl (C=O) groups is 1. The first kappa shape index (κ1) is 16.0. The van der Waals surface area contributed by atoms with Crippen LogP contribution in [0.25, 0.3) is 0 Å². The van der Waals surface area contributed by atoms with Gasteiger partial charge in [0.15, 0.2) is 5.78 Å². The fraction of sp³-hybridized carbons (Fsp3) is 0.500. The van der Waals surface area contributed by atoms with Gasteiger partial charge in [0.25, 0.3) is 0 Å². The van der Waals surface area contributed by atoms with Crippen molar-refractivity contribution in [1.29, 1.82) is 0 Å². The van der Waals surface area contributed by atoms with Crippen LogP contribution in [0, 0.1) is 19.8 Å². The van der Waals surface area contributed by atoms with Crippen molar-refractivity contribution in [2.75, 3.05) is 0 Å². The second-order valence-electron chi connectivity index (χ2n) is 6.84. The SMILES string of the molecule is Cc1cc(C)n(CC(=O)[C@H](c2ccccc2)C2CCCCC2)n1. The lowest BCUT2D eigenvalue weighted by Gasteiger charge is -2.30. The summed E-state index contributed by atoms with van der Waals surface area (Å²) in [4.78, 5) is 13.1. The summed E-state index contributed by atoms with van der Waals surface area (Å²) in [5.74, 6) is 0.797. The molecule has 122 valence electrons. The van der Waals surface area contributed by atoms with Crippen molar-refractivity contribution in [2.45, 2.75) is 58.4 Å². The summed E-state index contributed by atoms with van der Waals surface area (Å²) in [7, 11) is 0. The summed E-state index contributed by atoms with van der Waals surface area (Å²) in [6.45, 7) is 4.38. The standard InChI is InChI=1S/C20H26N2O/c1-15-13-16(2)22(21-15)14-19(23)20(17-9-5-3-6-10-17)18-11-7-4-8-12-18/h3,5-6,9-10,13,18,20H,4,7-8,11-12,14H2,1-2H3/t20-/m1/s1. The van der Waals surface area contributed by atoms with E-state index >= 15 is 0 Å². The molecule has 0 saturated heterocycles. The number of rotatable bonds is 5. The molecule has 1 saturated carbocycles. The van der Waals surface area contributed by atoms with Crippen LogP contribution >= 0.6 is 0 Å². The number of benzene rings is 1. The molecule has 0 bridgehead atoms. The predicted octanol–water partition coefficient (Wildman–Crippen LogP) is 4.43. The zero-order valence-corrected chi connectivity index (χ0v) is 14.2. The van der Waals surface area contributed by atoms with Gasteiger partial charge >= 0.3 is 0 Å². The molecule has 0 radical (unpaired) electrons. The highest BCUT2D eigenvalue weighted by molar-refractivity contribution is 5.86. The van der Waals surface area contributed by atoms with Crippen molar-refractivity contribution in [2.24, 2.45) is 5.92 Å². The van der Waals surface area contributed by atoms with E-state index in [9.17, 15) is 4.79 Å². The molecule has 2 aromatic rings. The Bertz CT molecular complexity index is 654. The van der Waals surface area contributed by atoms with Crippen LogP contribution in [0.15, 0.2) is 36.4 Å². The molecular formula is C20H26N2O. The summed E-state index contributed by atoms with van der Waals surface area (Å²) < 4.78 is 1.86. The predicted molar refractivity (Wildman–Crippen MR) is 92.5 cm³/mol. The third kappa shape index (κ3) is 3.72. The Morgan fingerprint density at radius 2 is 1.87 bits per heavy atom. The maximum absolute atomic E-state index is 13.1. The average Bonchev–Trinajstić information content (AvgIpc) is 2.87. The first-order valence-electron chi connectivity index (χ1n) is 8.74. The van der Waals surface area contributed by atoms with E-state index in [4.69, 9.17) is 0 Å². The van der Waals surface area contributed by atoms with Gasteiger partial charge in [-0.3, -0.25) is 9.48 Å². The minimum atomic E-state index is 0.0143. The van der Waals surface area contributed by atoms with Gasteiger partial charge in [0, 0.05) is 11.6 Å². The summed E-state index contributed by atoms with van der Waals surface area (Å²) >= 11 is 0. The van der Waals surface area contributed by atoms with Gasteiger partial charge in [-0.2, -0.15) is 5.10 Å². The van der Waals surface area contributed by atoms with Crippen LogP contribution in [0.5, 0.6) is 0 Å². The summed E-state index contributed by atoms with van der Waals surface area (Å²) in [5, 5.41) is 4.47. The zero-order valence-electron chi connectivity index (χ0n) is 14.2. The zero-order chi connectivity index (χ0) is 16.2. The highest BCUT2D eigenvalue weighted by Gasteiger charge is 2.31. The molecule has 1 fully saturated rings. The first-order chi connectivity index (χ1) is 11.1. The summed E-state index contributed by atoms with van der Waals surface area (Å²) in [6.07, 6.45) is 6.15. The largest absolute Gasteiger partial charge is 0.297 e. The van der Waals surface area contributed by atoms with E-state index in [-0.39, 0.29) is 5.92 Å². The molecule has 1 aliphatic rings. The number of aromatic nitrogens is 2. The molecule has 3 rings (SSSR count). The molecule has 1 aromatic heterocycles. The highest BCUT2D eigenvalue weighted by Crippen LogP contribution is 2.37. The van der Waals surface area contributed by atoms with E-state index in [1.54, 1.807) is 0 Å². The van der Waals surface area contributed by atoms with Crippen molar-refractivity contribution in [1.82, 2.24) is 9.78 Å². The number of ketones is 1. The Balaban J connectivity index is 1.85. The number of carbonyl (C=O) groups excluding carboxylic acids is 1. The van der Waals surface area contributed by atoms with Gasteiger partial charge in [0.2, 0.25) is 0 Å². The second kappa shape index (κ2) is 7.12. The van der Waals surface area contributed by atoms with Crippen molar-refractivity contribution >= 4 is 5.78 Å². The van der Waals surface area contributed by atoms with Crippen LogP contribution in [0.3, 0.4) is 0 Å². The summed E-state index contributed by atoms with van der Waals surface area (Å²) in [6, 6.07) is 12.4. The van der Waals surface area contributed by atoms with Gasteiger partial charge in [-0.05, 0) is 44.2 Å². The van der Waals surface area contributed by atoms with Crippen LogP contribution in [0.1, 0.15) is 55.0 Å². The highest BCUT2D eigenvalue weighted by atomic mass is 16.1. The number of Topliss-reactive ketones (excluding diaryl/α,β-unsaturated/α-hetero) is 1. The number of hydrogen-bond donors (Lipinski definition) is 0. The normalized spacial score (nSPS) is 17.1. The van der Waals surface area contributed by atoms with Crippen molar-refractivity contribution < 1.29 is 4.79 Å². The Morgan fingerprint density at radius 3 is 2.48 bits per heavy atom. The smallest absolute Gasteiger partial charge is 0.161 e. The third-order valence-corrected chi connectivity index (χ3v) is 5.04. The van der Waals surface area contributed by atoms with Crippen LogP contribution in [0.4, 0.5) is 0 Å². The minimum Gasteiger partial charge on any atom is -0.297 e. The molecule has 1 heterocycles. The molecular weight excluding hydrogens is 284 g/mol. The topological polar surface area (TPSA) is 34.9 Å². The average molecular weight is 310 g/mol. The number of nitrogens with zero attached hydrogens (tertiary/aromatic N) is 2. The Labute approximate surface area is 138 Å². The molecule has 3 heteroatoms. The number of aryl methyl sites for hydroxylation is 2. The van der Waals surface area contributed by atoms with E-state index in [0.29, 0.717) is 18.2 Å². The quantitative estimate of drug-likeness (QED) is 0.818. The van der Waals surface area contributed by atoms with Crippen molar-refractivity contribution in [3.63, 3.8) is 0 Å². The second-order valence-corrected chi connectivity index (χ2v) is 6.84. The fourth-order valence-electron chi connectivity index (χ4n) is 3.93. The van der Waals surface area contributed by atoms with Crippen LogP contribution < -0.4 is 0 Å². The molecule has 1 aromatic carbocycles. The molecule has 1 atom stereocenters. The van der Waals surface area contributed by atoms with E-state index in [2.05, 4.69) is 17.2 Å². The molecule has 1 aliphatic carbocycles. The van der Waals surface area contributed by atoms with Crippen LogP contribution in [-0.4, -0.2) is 15.6 Å². The van der Waals surface area contributed by atoms with E-state index in [0.717, 1.165) is 11.4 Å². The molecule has 0 amide bonds. The monoisotopic (exact) mass is 310 g/mol. The lowest BCUT2D eigenvalue weighted by atomic mass is 9.75. The fourth-order valence-corrected chi connectivity index (χ4v) is 3.93. The van der Waals surface area contributed by atoms with Crippen LogP contribution in [0.2, 0.25) is 0 Å². The maximum Gasteiger partial charge on any atom is 0.161 e. The van der Waals surface area contributed by atoms with Gasteiger partial charge in [0.05, 0.1) is 5.69 Å². The third-order valence-electron chi connectivity index (χ3n) is 5.04. The van der Waals surface area contributed by atoms with Crippen LogP contribution in [-0.2, 0) is 11.3 Å². The van der Waals surface area contributed by atoms with Gasteiger partial charge in [-0.15, -0.1) is 0 Å². The van der Waals surface area contributed by atoms with Gasteiger partial charge in [-0.1, -0.05) is 49.6 Å².